The van der Waals surface area contributed by atoms with Crippen LogP contribution in [-0.4, -0.2) is 59.9 Å². The zero-order chi connectivity index (χ0) is 23.5. The van der Waals surface area contributed by atoms with Crippen LogP contribution in [0.15, 0.2) is 30.4 Å². The molecule has 174 valence electrons. The third kappa shape index (κ3) is 5.69. The van der Waals surface area contributed by atoms with Crippen LogP contribution in [-0.2, 0) is 9.59 Å². The van der Waals surface area contributed by atoms with Gasteiger partial charge in [-0.05, 0) is 63.5 Å². The molecule has 7 nitrogen and oxygen atoms in total. The topological polar surface area (TPSA) is 81.8 Å². The van der Waals surface area contributed by atoms with Crippen LogP contribution in [0.25, 0.3) is 0 Å². The molecule has 0 unspecified atom stereocenters. The molecule has 2 aliphatic heterocycles. The number of nitrogens with one attached hydrogen (secondary N) is 2. The molecule has 1 spiro atoms. The van der Waals surface area contributed by atoms with Gasteiger partial charge in [0, 0.05) is 38.8 Å². The SMILES string of the molecule is C=C(C)C[C@H](NC(C)=O)C(=O)N1CCC2(CCN(C(=O)Nc3ccc(C)cc3C)CC2)C1. The van der Waals surface area contributed by atoms with Crippen molar-refractivity contribution in [3.63, 3.8) is 0 Å². The number of piperidine rings is 1. The minimum Gasteiger partial charge on any atom is -0.344 e. The van der Waals surface area contributed by atoms with Crippen molar-refractivity contribution in [2.75, 3.05) is 31.5 Å². The standard InChI is InChI=1S/C25H36N4O3/c1-17(2)14-22(26-20(5)30)23(31)29-13-10-25(16-29)8-11-28(12-9-25)24(32)27-21-7-6-18(3)15-19(21)4/h6-7,15,22H,1,8-14,16H2,2-5H3,(H,26,30)(H,27,32)/t22-/m0/s1. The Morgan fingerprint density at radius 1 is 1.06 bits per heavy atom. The number of likely N-dealkylation sites (tertiary alicyclic amines) is 2. The van der Waals surface area contributed by atoms with Crippen molar-refractivity contribution in [3.8, 4) is 0 Å². The number of nitrogens with zero attached hydrogens (tertiary/aromatic N) is 2. The summed E-state index contributed by atoms with van der Waals surface area (Å²) in [5.41, 5.74) is 4.00. The van der Waals surface area contributed by atoms with E-state index >= 15 is 0 Å². The van der Waals surface area contributed by atoms with Crippen LogP contribution in [0.3, 0.4) is 0 Å². The second-order valence-corrected chi connectivity index (χ2v) is 9.66. The summed E-state index contributed by atoms with van der Waals surface area (Å²) in [5, 5.41) is 5.82. The number of carbonyl (C=O) groups excluding carboxylic acids is 3. The molecule has 2 N–H and O–H groups in total. The van der Waals surface area contributed by atoms with Gasteiger partial charge in [-0.3, -0.25) is 9.59 Å². The minimum absolute atomic E-state index is 0.0323. The predicted molar refractivity (Wildman–Crippen MR) is 126 cm³/mol. The lowest BCUT2D eigenvalue weighted by Crippen LogP contribution is -2.49. The summed E-state index contributed by atoms with van der Waals surface area (Å²) in [6.45, 7) is 14.0. The molecule has 0 aromatic heterocycles. The zero-order valence-corrected chi connectivity index (χ0v) is 19.8. The summed E-state index contributed by atoms with van der Waals surface area (Å²) in [6.07, 6.45) is 3.14. The van der Waals surface area contributed by atoms with E-state index < -0.39 is 6.04 Å². The number of carbonyl (C=O) groups is 3. The second kappa shape index (κ2) is 9.76. The van der Waals surface area contributed by atoms with E-state index in [0.29, 0.717) is 32.6 Å². The van der Waals surface area contributed by atoms with Gasteiger partial charge in [-0.25, -0.2) is 4.79 Å². The van der Waals surface area contributed by atoms with E-state index in [1.807, 2.05) is 42.7 Å². The second-order valence-electron chi connectivity index (χ2n) is 9.66. The summed E-state index contributed by atoms with van der Waals surface area (Å²) < 4.78 is 0. The van der Waals surface area contributed by atoms with Gasteiger partial charge in [0.1, 0.15) is 6.04 Å². The highest BCUT2D eigenvalue weighted by atomic mass is 16.2. The molecule has 1 atom stereocenters. The molecule has 0 aliphatic carbocycles. The van der Waals surface area contributed by atoms with Gasteiger partial charge < -0.3 is 20.4 Å². The van der Waals surface area contributed by atoms with E-state index in [4.69, 9.17) is 0 Å². The van der Waals surface area contributed by atoms with Crippen LogP contribution in [0.2, 0.25) is 0 Å². The number of rotatable bonds is 5. The van der Waals surface area contributed by atoms with Gasteiger partial charge >= 0.3 is 6.03 Å². The Labute approximate surface area is 191 Å². The van der Waals surface area contributed by atoms with E-state index in [1.54, 1.807) is 0 Å². The summed E-state index contributed by atoms with van der Waals surface area (Å²) >= 11 is 0. The van der Waals surface area contributed by atoms with Crippen LogP contribution < -0.4 is 10.6 Å². The number of anilines is 1. The van der Waals surface area contributed by atoms with Crippen molar-refractivity contribution in [1.82, 2.24) is 15.1 Å². The van der Waals surface area contributed by atoms with Gasteiger partial charge in [0.05, 0.1) is 0 Å². The summed E-state index contributed by atoms with van der Waals surface area (Å²) in [4.78, 5) is 41.2. The first-order chi connectivity index (χ1) is 15.1. The smallest absolute Gasteiger partial charge is 0.321 e. The van der Waals surface area contributed by atoms with Crippen molar-refractivity contribution in [2.45, 2.75) is 59.4 Å². The lowest BCUT2D eigenvalue weighted by Gasteiger charge is -2.39. The number of amides is 4. The van der Waals surface area contributed by atoms with Crippen LogP contribution in [0.4, 0.5) is 10.5 Å². The molecule has 1 aromatic carbocycles. The first kappa shape index (κ1) is 23.8. The van der Waals surface area contributed by atoms with Crippen LogP contribution >= 0.6 is 0 Å². The van der Waals surface area contributed by atoms with Crippen molar-refractivity contribution in [1.29, 1.82) is 0 Å². The van der Waals surface area contributed by atoms with Gasteiger partial charge in [0.15, 0.2) is 0 Å². The first-order valence-electron chi connectivity index (χ1n) is 11.4. The predicted octanol–water partition coefficient (Wildman–Crippen LogP) is 3.62. The van der Waals surface area contributed by atoms with Gasteiger partial charge in [-0.1, -0.05) is 23.3 Å². The molecule has 2 fully saturated rings. The fraction of sp³-hybridized carbons (Fsp3) is 0.560. The average molecular weight is 441 g/mol. The van der Waals surface area contributed by atoms with Crippen molar-refractivity contribution >= 4 is 23.5 Å². The quantitative estimate of drug-likeness (QED) is 0.686. The first-order valence-corrected chi connectivity index (χ1v) is 11.4. The molecule has 2 heterocycles. The summed E-state index contributed by atoms with van der Waals surface area (Å²) in [5.74, 6) is -0.239. The fourth-order valence-electron chi connectivity index (χ4n) is 4.88. The molecule has 0 radical (unpaired) electrons. The maximum absolute atomic E-state index is 13.1. The van der Waals surface area contributed by atoms with E-state index in [0.717, 1.165) is 36.1 Å². The molecule has 4 amide bonds. The fourth-order valence-corrected chi connectivity index (χ4v) is 4.88. The van der Waals surface area contributed by atoms with Gasteiger partial charge in [-0.2, -0.15) is 0 Å². The largest absolute Gasteiger partial charge is 0.344 e. The van der Waals surface area contributed by atoms with Crippen molar-refractivity contribution in [3.05, 3.63) is 41.5 Å². The lowest BCUT2D eigenvalue weighted by molar-refractivity contribution is -0.135. The van der Waals surface area contributed by atoms with E-state index in [1.165, 1.54) is 12.5 Å². The van der Waals surface area contributed by atoms with E-state index in [-0.39, 0.29) is 23.3 Å². The highest BCUT2D eigenvalue weighted by Gasteiger charge is 2.43. The van der Waals surface area contributed by atoms with Crippen LogP contribution in [0, 0.1) is 19.3 Å². The molecule has 3 rings (SSSR count). The van der Waals surface area contributed by atoms with Gasteiger partial charge in [0.2, 0.25) is 11.8 Å². The Kier molecular flexibility index (Phi) is 7.26. The molecule has 2 saturated heterocycles. The van der Waals surface area contributed by atoms with Crippen LogP contribution in [0.5, 0.6) is 0 Å². The molecule has 2 aliphatic rings. The lowest BCUT2D eigenvalue weighted by atomic mass is 9.78. The zero-order valence-electron chi connectivity index (χ0n) is 19.8. The maximum atomic E-state index is 13.1. The molecule has 32 heavy (non-hydrogen) atoms. The number of hydrogen-bond acceptors (Lipinski definition) is 3. The average Bonchev–Trinajstić information content (AvgIpc) is 3.12. The Morgan fingerprint density at radius 2 is 1.69 bits per heavy atom. The van der Waals surface area contributed by atoms with Gasteiger partial charge in [-0.15, -0.1) is 6.58 Å². The van der Waals surface area contributed by atoms with Crippen molar-refractivity contribution in [2.24, 2.45) is 5.41 Å². The number of benzene rings is 1. The Hall–Kier alpha value is -2.83. The number of aryl methyl sites for hydroxylation is 2. The molecule has 0 bridgehead atoms. The normalized spacial score (nSPS) is 18.4. The highest BCUT2D eigenvalue weighted by molar-refractivity contribution is 5.90. The van der Waals surface area contributed by atoms with E-state index in [2.05, 4.69) is 23.3 Å². The third-order valence-electron chi connectivity index (χ3n) is 6.71. The molecule has 0 saturated carbocycles. The molecular weight excluding hydrogens is 404 g/mol. The number of urea groups is 1. The summed E-state index contributed by atoms with van der Waals surface area (Å²) in [7, 11) is 0. The molecule has 7 heteroatoms. The Morgan fingerprint density at radius 3 is 2.25 bits per heavy atom. The van der Waals surface area contributed by atoms with Crippen molar-refractivity contribution < 1.29 is 14.4 Å². The monoisotopic (exact) mass is 440 g/mol. The van der Waals surface area contributed by atoms with E-state index in [9.17, 15) is 14.4 Å². The summed E-state index contributed by atoms with van der Waals surface area (Å²) in [6, 6.07) is 5.39. The highest BCUT2D eigenvalue weighted by Crippen LogP contribution is 2.40. The molecule has 1 aromatic rings. The minimum atomic E-state index is -0.552. The Bertz CT molecular complexity index is 886. The Balaban J connectivity index is 1.56. The maximum Gasteiger partial charge on any atom is 0.321 e. The number of hydrogen-bond donors (Lipinski definition) is 2. The van der Waals surface area contributed by atoms with Gasteiger partial charge in [0.25, 0.3) is 0 Å². The van der Waals surface area contributed by atoms with Crippen LogP contribution in [0.1, 0.15) is 50.7 Å². The molecular formula is C25H36N4O3. The third-order valence-corrected chi connectivity index (χ3v) is 6.71.